The van der Waals surface area contributed by atoms with Gasteiger partial charge >= 0.3 is 0 Å². The van der Waals surface area contributed by atoms with Gasteiger partial charge in [-0.25, -0.2) is 26.3 Å². The normalized spacial score (nSPS) is 16.0. The molecule has 9 nitrogen and oxygen atoms in total. The van der Waals surface area contributed by atoms with E-state index < -0.39 is 20.0 Å². The number of sulfonamides is 2. The van der Waals surface area contributed by atoms with Gasteiger partial charge in [-0.1, -0.05) is 0 Å². The third kappa shape index (κ3) is 3.74. The molecular formula is C12H20N4O5S2. The van der Waals surface area contributed by atoms with E-state index in [0.717, 1.165) is 25.2 Å². The number of carbonyl (C=O) groups excluding carboxylic acids is 1. The van der Waals surface area contributed by atoms with Gasteiger partial charge in [0.1, 0.15) is 16.3 Å². The van der Waals surface area contributed by atoms with Crippen molar-refractivity contribution in [3.05, 3.63) is 12.4 Å². The van der Waals surface area contributed by atoms with E-state index in [1.165, 1.54) is 18.7 Å². The lowest BCUT2D eigenvalue weighted by Gasteiger charge is -2.15. The van der Waals surface area contributed by atoms with Crippen molar-refractivity contribution < 1.29 is 21.6 Å². The topological polar surface area (TPSA) is 118 Å². The third-order valence-corrected chi connectivity index (χ3v) is 6.71. The maximum Gasteiger partial charge on any atom is 0.243 e. The molecule has 0 unspecified atom stereocenters. The Labute approximate surface area is 135 Å². The molecule has 1 aromatic rings. The Morgan fingerprint density at radius 3 is 1.83 bits per heavy atom. The maximum atomic E-state index is 12.1. The minimum absolute atomic E-state index is 0.106. The number of rotatable bonds is 6. The number of amides is 1. The molecular weight excluding hydrogens is 344 g/mol. The molecule has 0 spiro atoms. The SMILES string of the molecule is CNS(=O)(=O)c1cn(CC(=O)N2CCCC2)cc1S(=O)(=O)NC. The molecule has 2 rings (SSSR count). The van der Waals surface area contributed by atoms with Gasteiger partial charge in [-0.05, 0) is 26.9 Å². The minimum atomic E-state index is -3.97. The number of likely N-dealkylation sites (tertiary alicyclic amines) is 1. The highest BCUT2D eigenvalue weighted by atomic mass is 32.2. The van der Waals surface area contributed by atoms with Gasteiger partial charge in [0.25, 0.3) is 0 Å². The van der Waals surface area contributed by atoms with Crippen molar-refractivity contribution in [2.75, 3.05) is 27.2 Å². The number of aromatic nitrogens is 1. The molecule has 130 valence electrons. The molecule has 1 aliphatic heterocycles. The monoisotopic (exact) mass is 364 g/mol. The predicted molar refractivity (Wildman–Crippen MR) is 82.7 cm³/mol. The van der Waals surface area contributed by atoms with Crippen LogP contribution in [-0.2, 0) is 31.4 Å². The predicted octanol–water partition coefficient (Wildman–Crippen LogP) is -1.07. The number of nitrogens with one attached hydrogen (secondary N) is 2. The van der Waals surface area contributed by atoms with Crippen LogP contribution in [0.1, 0.15) is 12.8 Å². The minimum Gasteiger partial charge on any atom is -0.342 e. The molecule has 2 heterocycles. The molecule has 1 aromatic heterocycles. The molecule has 0 atom stereocenters. The van der Waals surface area contributed by atoms with Crippen molar-refractivity contribution in [2.45, 2.75) is 29.2 Å². The Bertz CT molecular complexity index is 740. The lowest BCUT2D eigenvalue weighted by molar-refractivity contribution is -0.130. The van der Waals surface area contributed by atoms with Crippen LogP contribution >= 0.6 is 0 Å². The maximum absolute atomic E-state index is 12.1. The highest BCUT2D eigenvalue weighted by Gasteiger charge is 2.28. The van der Waals surface area contributed by atoms with Crippen LogP contribution < -0.4 is 9.44 Å². The van der Waals surface area contributed by atoms with Crippen LogP contribution in [-0.4, -0.2) is 59.4 Å². The average molecular weight is 364 g/mol. The molecule has 2 N–H and O–H groups in total. The van der Waals surface area contributed by atoms with Crippen LogP contribution in [0.2, 0.25) is 0 Å². The fourth-order valence-electron chi connectivity index (χ4n) is 2.40. The number of nitrogens with zero attached hydrogens (tertiary/aromatic N) is 2. The Morgan fingerprint density at radius 2 is 1.43 bits per heavy atom. The quantitative estimate of drug-likeness (QED) is 0.666. The van der Waals surface area contributed by atoms with E-state index in [-0.39, 0.29) is 22.2 Å². The first kappa shape index (κ1) is 17.9. The number of hydrogen-bond acceptors (Lipinski definition) is 5. The van der Waals surface area contributed by atoms with E-state index in [2.05, 4.69) is 9.44 Å². The van der Waals surface area contributed by atoms with Crippen molar-refractivity contribution in [1.29, 1.82) is 0 Å². The van der Waals surface area contributed by atoms with E-state index in [9.17, 15) is 21.6 Å². The van der Waals surface area contributed by atoms with Gasteiger partial charge in [0.15, 0.2) is 0 Å². The van der Waals surface area contributed by atoms with Crippen molar-refractivity contribution in [3.63, 3.8) is 0 Å². The summed E-state index contributed by atoms with van der Waals surface area (Å²) in [6.45, 7) is 1.23. The van der Waals surface area contributed by atoms with Crippen LogP contribution in [0, 0.1) is 0 Å². The molecule has 1 saturated heterocycles. The van der Waals surface area contributed by atoms with Gasteiger partial charge in [0.05, 0.1) is 0 Å². The smallest absolute Gasteiger partial charge is 0.243 e. The van der Waals surface area contributed by atoms with Gasteiger partial charge in [0.2, 0.25) is 26.0 Å². The zero-order valence-corrected chi connectivity index (χ0v) is 14.6. The first-order chi connectivity index (χ1) is 10.7. The van der Waals surface area contributed by atoms with Gasteiger partial charge in [-0.3, -0.25) is 4.79 Å². The summed E-state index contributed by atoms with van der Waals surface area (Å²) in [6, 6.07) is 0. The molecule has 1 amide bonds. The lowest BCUT2D eigenvalue weighted by atomic mass is 10.4. The zero-order valence-electron chi connectivity index (χ0n) is 12.9. The zero-order chi connectivity index (χ0) is 17.3. The van der Waals surface area contributed by atoms with Crippen LogP contribution in [0.5, 0.6) is 0 Å². The summed E-state index contributed by atoms with van der Waals surface area (Å²) in [4.78, 5) is 13.1. The molecule has 23 heavy (non-hydrogen) atoms. The fourth-order valence-corrected chi connectivity index (χ4v) is 4.68. The second kappa shape index (κ2) is 6.59. The van der Waals surface area contributed by atoms with Crippen LogP contribution in [0.3, 0.4) is 0 Å². The van der Waals surface area contributed by atoms with Crippen LogP contribution in [0.25, 0.3) is 0 Å². The van der Waals surface area contributed by atoms with Gasteiger partial charge in [0, 0.05) is 25.5 Å². The molecule has 0 radical (unpaired) electrons. The molecule has 1 aliphatic rings. The number of hydrogen-bond donors (Lipinski definition) is 2. The van der Waals surface area contributed by atoms with Gasteiger partial charge < -0.3 is 9.47 Å². The van der Waals surface area contributed by atoms with Crippen LogP contribution in [0.4, 0.5) is 0 Å². The Balaban J connectivity index is 2.39. The van der Waals surface area contributed by atoms with E-state index in [1.807, 2.05) is 0 Å². The third-order valence-electron chi connectivity index (χ3n) is 3.70. The summed E-state index contributed by atoms with van der Waals surface area (Å²) in [6.07, 6.45) is 4.19. The largest absolute Gasteiger partial charge is 0.342 e. The number of carbonyl (C=O) groups is 1. The highest BCUT2D eigenvalue weighted by molar-refractivity contribution is 7.92. The second-order valence-electron chi connectivity index (χ2n) is 5.16. The van der Waals surface area contributed by atoms with Gasteiger partial charge in [-0.15, -0.1) is 0 Å². The first-order valence-corrected chi connectivity index (χ1v) is 10.0. The van der Waals surface area contributed by atoms with E-state index in [1.54, 1.807) is 4.90 Å². The summed E-state index contributed by atoms with van der Waals surface area (Å²) < 4.78 is 53.6. The summed E-state index contributed by atoms with van der Waals surface area (Å²) in [5.74, 6) is -0.167. The first-order valence-electron chi connectivity index (χ1n) is 7.06. The van der Waals surface area contributed by atoms with E-state index >= 15 is 0 Å². The van der Waals surface area contributed by atoms with E-state index in [0.29, 0.717) is 13.1 Å². The van der Waals surface area contributed by atoms with Gasteiger partial charge in [-0.2, -0.15) is 0 Å². The molecule has 0 aromatic carbocycles. The second-order valence-corrected chi connectivity index (χ2v) is 8.87. The average Bonchev–Trinajstić information content (AvgIpc) is 3.17. The summed E-state index contributed by atoms with van der Waals surface area (Å²) in [5.41, 5.74) is 0. The molecule has 1 fully saturated rings. The molecule has 11 heteroatoms. The summed E-state index contributed by atoms with van der Waals surface area (Å²) >= 11 is 0. The Kier molecular flexibility index (Phi) is 5.14. The van der Waals surface area contributed by atoms with Crippen molar-refractivity contribution in [2.24, 2.45) is 0 Å². The van der Waals surface area contributed by atoms with Crippen molar-refractivity contribution in [1.82, 2.24) is 18.9 Å². The van der Waals surface area contributed by atoms with Crippen LogP contribution in [0.15, 0.2) is 22.2 Å². The van der Waals surface area contributed by atoms with Crippen molar-refractivity contribution in [3.8, 4) is 0 Å². The lowest BCUT2D eigenvalue weighted by Crippen LogP contribution is -2.30. The van der Waals surface area contributed by atoms with E-state index in [4.69, 9.17) is 0 Å². The summed E-state index contributed by atoms with van der Waals surface area (Å²) in [5, 5.41) is 0. The molecule has 0 bridgehead atoms. The highest BCUT2D eigenvalue weighted by Crippen LogP contribution is 2.22. The molecule has 0 aliphatic carbocycles. The summed E-state index contributed by atoms with van der Waals surface area (Å²) in [7, 11) is -5.56. The fraction of sp³-hybridized carbons (Fsp3) is 0.583. The Hall–Kier alpha value is -1.43. The standard InChI is InChI=1S/C12H20N4O5S2/c1-13-22(18,19)10-7-15(8-11(10)23(20,21)14-2)9-12(17)16-5-3-4-6-16/h7-8,13-14H,3-6,9H2,1-2H3. The van der Waals surface area contributed by atoms with Crippen molar-refractivity contribution >= 4 is 26.0 Å². The Morgan fingerprint density at radius 1 is 1.00 bits per heavy atom. The molecule has 0 saturated carbocycles.